The Balaban J connectivity index is 2.44. The molecule has 0 saturated carbocycles. The molecule has 0 bridgehead atoms. The van der Waals surface area contributed by atoms with Crippen LogP contribution in [0.1, 0.15) is 11.1 Å². The lowest BCUT2D eigenvalue weighted by Gasteiger charge is -2.06. The molecule has 1 aromatic carbocycles. The van der Waals surface area contributed by atoms with Gasteiger partial charge in [0, 0.05) is 23.4 Å². The summed E-state index contributed by atoms with van der Waals surface area (Å²) in [6.45, 7) is 1.93. The van der Waals surface area contributed by atoms with Crippen LogP contribution in [0.4, 0.5) is 5.69 Å². The molecule has 5 heteroatoms. The van der Waals surface area contributed by atoms with Gasteiger partial charge in [-0.3, -0.25) is 14.9 Å². The SMILES string of the molecule is Cc1cccn(Cc2ccccc2[N+](=O)[O-])c1=O. The lowest BCUT2D eigenvalue weighted by atomic mass is 10.1. The van der Waals surface area contributed by atoms with Crippen LogP contribution in [0.3, 0.4) is 0 Å². The molecule has 1 heterocycles. The van der Waals surface area contributed by atoms with Crippen LogP contribution in [0.15, 0.2) is 47.4 Å². The summed E-state index contributed by atoms with van der Waals surface area (Å²) < 4.78 is 1.47. The molecule has 18 heavy (non-hydrogen) atoms. The first-order valence-corrected chi connectivity index (χ1v) is 5.48. The number of para-hydroxylation sites is 1. The molecule has 0 saturated heterocycles. The van der Waals surface area contributed by atoms with Crippen LogP contribution in [0, 0.1) is 17.0 Å². The van der Waals surface area contributed by atoms with Crippen LogP contribution < -0.4 is 5.56 Å². The van der Waals surface area contributed by atoms with E-state index in [2.05, 4.69) is 0 Å². The highest BCUT2D eigenvalue weighted by molar-refractivity contribution is 5.39. The standard InChI is InChI=1S/C13H12N2O3/c1-10-5-4-8-14(13(10)16)9-11-6-2-3-7-12(11)15(17)18/h2-8H,9H2,1H3. The number of rotatable bonds is 3. The number of aromatic nitrogens is 1. The van der Waals surface area contributed by atoms with Crippen LogP contribution in [-0.4, -0.2) is 9.49 Å². The maximum atomic E-state index is 11.8. The molecule has 0 aliphatic heterocycles. The second-order valence-electron chi connectivity index (χ2n) is 4.01. The molecule has 0 fully saturated rings. The van der Waals surface area contributed by atoms with E-state index in [0.717, 1.165) is 0 Å². The number of hydrogen-bond donors (Lipinski definition) is 0. The maximum Gasteiger partial charge on any atom is 0.274 e. The van der Waals surface area contributed by atoms with E-state index in [1.807, 2.05) is 0 Å². The summed E-state index contributed by atoms with van der Waals surface area (Å²) in [6, 6.07) is 9.91. The average molecular weight is 244 g/mol. The van der Waals surface area contributed by atoms with Crippen LogP contribution >= 0.6 is 0 Å². The van der Waals surface area contributed by atoms with Gasteiger partial charge in [0.1, 0.15) is 0 Å². The average Bonchev–Trinajstić information content (AvgIpc) is 2.35. The Labute approximate surface area is 103 Å². The molecule has 0 aliphatic rings. The minimum absolute atomic E-state index is 0.0332. The van der Waals surface area contributed by atoms with Gasteiger partial charge < -0.3 is 4.57 Å². The molecule has 0 amide bonds. The summed E-state index contributed by atoms with van der Waals surface area (Å²) in [4.78, 5) is 22.3. The van der Waals surface area contributed by atoms with E-state index >= 15 is 0 Å². The first-order chi connectivity index (χ1) is 8.59. The van der Waals surface area contributed by atoms with Crippen molar-refractivity contribution in [3.63, 3.8) is 0 Å². The van der Waals surface area contributed by atoms with Gasteiger partial charge in [-0.1, -0.05) is 24.3 Å². The quantitative estimate of drug-likeness (QED) is 0.613. The van der Waals surface area contributed by atoms with Crippen LogP contribution in [0.5, 0.6) is 0 Å². The van der Waals surface area contributed by atoms with Crippen molar-refractivity contribution in [2.24, 2.45) is 0 Å². The number of nitro groups is 1. The lowest BCUT2D eigenvalue weighted by Crippen LogP contribution is -2.22. The Morgan fingerprint density at radius 1 is 1.22 bits per heavy atom. The van der Waals surface area contributed by atoms with Gasteiger partial charge in [-0.25, -0.2) is 0 Å². The van der Waals surface area contributed by atoms with E-state index in [1.165, 1.54) is 10.6 Å². The Bertz CT molecular complexity index is 647. The molecule has 0 unspecified atom stereocenters. The summed E-state index contributed by atoms with van der Waals surface area (Å²) >= 11 is 0. The maximum absolute atomic E-state index is 11.8. The van der Waals surface area contributed by atoms with Crippen molar-refractivity contribution in [3.05, 3.63) is 74.2 Å². The molecule has 1 aromatic heterocycles. The summed E-state index contributed by atoms with van der Waals surface area (Å²) in [7, 11) is 0. The summed E-state index contributed by atoms with van der Waals surface area (Å²) in [5.74, 6) is 0. The fourth-order valence-electron chi connectivity index (χ4n) is 1.79. The van der Waals surface area contributed by atoms with Crippen molar-refractivity contribution in [2.45, 2.75) is 13.5 Å². The fourth-order valence-corrected chi connectivity index (χ4v) is 1.79. The number of nitro benzene ring substituents is 1. The third kappa shape index (κ3) is 2.29. The second-order valence-corrected chi connectivity index (χ2v) is 4.01. The van der Waals surface area contributed by atoms with Crippen molar-refractivity contribution in [1.29, 1.82) is 0 Å². The zero-order valence-electron chi connectivity index (χ0n) is 9.87. The van der Waals surface area contributed by atoms with E-state index in [0.29, 0.717) is 11.1 Å². The predicted octanol–water partition coefficient (Wildman–Crippen LogP) is 2.11. The van der Waals surface area contributed by atoms with Crippen molar-refractivity contribution in [2.75, 3.05) is 0 Å². The highest BCUT2D eigenvalue weighted by Gasteiger charge is 2.13. The van der Waals surface area contributed by atoms with Gasteiger partial charge in [-0.2, -0.15) is 0 Å². The van der Waals surface area contributed by atoms with Crippen molar-refractivity contribution in [3.8, 4) is 0 Å². The van der Waals surface area contributed by atoms with Gasteiger partial charge in [0.25, 0.3) is 11.2 Å². The molecule has 0 radical (unpaired) electrons. The summed E-state index contributed by atoms with van der Waals surface area (Å²) in [6.07, 6.45) is 1.63. The second kappa shape index (κ2) is 4.83. The molecule has 2 aromatic rings. The largest absolute Gasteiger partial charge is 0.311 e. The number of pyridine rings is 1. The first kappa shape index (κ1) is 12.0. The Kier molecular flexibility index (Phi) is 3.23. The lowest BCUT2D eigenvalue weighted by molar-refractivity contribution is -0.385. The smallest absolute Gasteiger partial charge is 0.274 e. The zero-order valence-corrected chi connectivity index (χ0v) is 9.87. The van der Waals surface area contributed by atoms with E-state index < -0.39 is 4.92 Å². The third-order valence-electron chi connectivity index (χ3n) is 2.74. The highest BCUT2D eigenvalue weighted by atomic mass is 16.6. The van der Waals surface area contributed by atoms with Crippen LogP contribution in [0.25, 0.3) is 0 Å². The Hall–Kier alpha value is -2.43. The molecule has 0 N–H and O–H groups in total. The molecule has 0 spiro atoms. The van der Waals surface area contributed by atoms with Gasteiger partial charge >= 0.3 is 0 Å². The van der Waals surface area contributed by atoms with Gasteiger partial charge in [0.2, 0.25) is 0 Å². The molecule has 2 rings (SSSR count). The minimum Gasteiger partial charge on any atom is -0.311 e. The summed E-state index contributed by atoms with van der Waals surface area (Å²) in [5.41, 5.74) is 1.05. The van der Waals surface area contributed by atoms with Crippen LogP contribution in [0.2, 0.25) is 0 Å². The van der Waals surface area contributed by atoms with Gasteiger partial charge in [-0.15, -0.1) is 0 Å². The third-order valence-corrected chi connectivity index (χ3v) is 2.74. The number of benzene rings is 1. The predicted molar refractivity (Wildman–Crippen MR) is 67.6 cm³/mol. The van der Waals surface area contributed by atoms with E-state index in [1.54, 1.807) is 43.5 Å². The summed E-state index contributed by atoms with van der Waals surface area (Å²) in [5, 5.41) is 10.9. The zero-order chi connectivity index (χ0) is 13.1. The van der Waals surface area contributed by atoms with Crippen molar-refractivity contribution >= 4 is 5.69 Å². The van der Waals surface area contributed by atoms with E-state index in [9.17, 15) is 14.9 Å². The Morgan fingerprint density at radius 3 is 2.67 bits per heavy atom. The number of hydrogen-bond acceptors (Lipinski definition) is 3. The molecular weight excluding hydrogens is 232 g/mol. The molecule has 5 nitrogen and oxygen atoms in total. The molecule has 92 valence electrons. The van der Waals surface area contributed by atoms with Crippen LogP contribution in [-0.2, 0) is 6.54 Å². The van der Waals surface area contributed by atoms with Gasteiger partial charge in [-0.05, 0) is 13.0 Å². The Morgan fingerprint density at radius 2 is 1.94 bits per heavy atom. The van der Waals surface area contributed by atoms with Gasteiger partial charge in [0.05, 0.1) is 11.5 Å². The minimum atomic E-state index is -0.434. The van der Waals surface area contributed by atoms with E-state index in [4.69, 9.17) is 0 Å². The highest BCUT2D eigenvalue weighted by Crippen LogP contribution is 2.18. The molecular formula is C13H12N2O3. The monoisotopic (exact) mass is 244 g/mol. The topological polar surface area (TPSA) is 65.1 Å². The van der Waals surface area contributed by atoms with E-state index in [-0.39, 0.29) is 17.8 Å². The number of aryl methyl sites for hydroxylation is 1. The van der Waals surface area contributed by atoms with Gasteiger partial charge in [0.15, 0.2) is 0 Å². The molecule has 0 atom stereocenters. The number of nitrogens with zero attached hydrogens (tertiary/aromatic N) is 2. The molecule has 0 aliphatic carbocycles. The first-order valence-electron chi connectivity index (χ1n) is 5.48. The normalized spacial score (nSPS) is 10.3. The van der Waals surface area contributed by atoms with Crippen molar-refractivity contribution in [1.82, 2.24) is 4.57 Å². The fraction of sp³-hybridized carbons (Fsp3) is 0.154. The van der Waals surface area contributed by atoms with Crippen molar-refractivity contribution < 1.29 is 4.92 Å².